The first-order chi connectivity index (χ1) is 9.04. The average molecular weight is 263 g/mol. The minimum absolute atomic E-state index is 0.255. The van der Waals surface area contributed by atoms with Crippen molar-refractivity contribution in [2.24, 2.45) is 11.8 Å². The fraction of sp³-hybridized carbons (Fsp3) is 0.647. The largest absolute Gasteiger partial charge is 0.396 e. The number of aliphatic hydroxyl groups is 1. The predicted molar refractivity (Wildman–Crippen MR) is 82.3 cm³/mol. The van der Waals surface area contributed by atoms with Crippen LogP contribution in [0.1, 0.15) is 51.3 Å². The van der Waals surface area contributed by atoms with Crippen LogP contribution in [0.4, 0.5) is 0 Å². The zero-order valence-corrected chi connectivity index (χ0v) is 12.8. The molecule has 2 heteroatoms. The molecular formula is C17H29NO. The molecule has 2 N–H and O–H groups in total. The molecular weight excluding hydrogens is 234 g/mol. The third-order valence-electron chi connectivity index (χ3n) is 3.35. The molecule has 0 amide bonds. The van der Waals surface area contributed by atoms with Crippen molar-refractivity contribution >= 4 is 0 Å². The van der Waals surface area contributed by atoms with Gasteiger partial charge >= 0.3 is 0 Å². The van der Waals surface area contributed by atoms with Crippen LogP contribution in [-0.4, -0.2) is 18.3 Å². The van der Waals surface area contributed by atoms with Crippen molar-refractivity contribution in [2.75, 3.05) is 13.2 Å². The minimum atomic E-state index is 0.255. The van der Waals surface area contributed by atoms with Crippen LogP contribution in [0, 0.1) is 11.8 Å². The van der Waals surface area contributed by atoms with E-state index < -0.39 is 0 Å². The molecule has 0 heterocycles. The van der Waals surface area contributed by atoms with Gasteiger partial charge < -0.3 is 10.4 Å². The molecule has 0 spiro atoms. The summed E-state index contributed by atoms with van der Waals surface area (Å²) in [7, 11) is 0. The van der Waals surface area contributed by atoms with Crippen molar-refractivity contribution in [3.63, 3.8) is 0 Å². The quantitative estimate of drug-likeness (QED) is 0.703. The van der Waals surface area contributed by atoms with Gasteiger partial charge in [-0.2, -0.15) is 0 Å². The SMILES string of the molecule is CC(C)Cc1ccc(C(NCCCO)C(C)C)cc1. The highest BCUT2D eigenvalue weighted by Gasteiger charge is 2.14. The third kappa shape index (κ3) is 5.75. The van der Waals surface area contributed by atoms with E-state index in [-0.39, 0.29) is 6.61 Å². The standard InChI is InChI=1S/C17H29NO/c1-13(2)12-15-6-8-16(9-7-15)17(14(3)4)18-10-5-11-19/h6-9,13-14,17-19H,5,10-12H2,1-4H3. The molecule has 0 aliphatic carbocycles. The van der Waals surface area contributed by atoms with Crippen LogP contribution < -0.4 is 5.32 Å². The van der Waals surface area contributed by atoms with Crippen LogP contribution >= 0.6 is 0 Å². The van der Waals surface area contributed by atoms with Gasteiger partial charge in [0, 0.05) is 12.6 Å². The van der Waals surface area contributed by atoms with Crippen molar-refractivity contribution < 1.29 is 5.11 Å². The summed E-state index contributed by atoms with van der Waals surface area (Å²) in [6, 6.07) is 9.36. The van der Waals surface area contributed by atoms with Gasteiger partial charge in [0.1, 0.15) is 0 Å². The second kappa shape index (κ2) is 8.34. The van der Waals surface area contributed by atoms with Crippen molar-refractivity contribution in [1.29, 1.82) is 0 Å². The second-order valence-electron chi connectivity index (χ2n) is 6.09. The fourth-order valence-electron chi connectivity index (χ4n) is 2.41. The monoisotopic (exact) mass is 263 g/mol. The topological polar surface area (TPSA) is 32.3 Å². The van der Waals surface area contributed by atoms with E-state index in [1.54, 1.807) is 0 Å². The maximum atomic E-state index is 8.87. The first kappa shape index (κ1) is 16.2. The molecule has 0 saturated carbocycles. The van der Waals surface area contributed by atoms with Crippen LogP contribution in [0.5, 0.6) is 0 Å². The minimum Gasteiger partial charge on any atom is -0.396 e. The summed E-state index contributed by atoms with van der Waals surface area (Å²) in [5, 5.41) is 12.4. The first-order valence-corrected chi connectivity index (χ1v) is 7.47. The Bertz CT molecular complexity index is 343. The van der Waals surface area contributed by atoms with Gasteiger partial charge in [-0.1, -0.05) is 52.0 Å². The lowest BCUT2D eigenvalue weighted by atomic mass is 9.93. The van der Waals surface area contributed by atoms with Gasteiger partial charge in [-0.05, 0) is 42.3 Å². The highest BCUT2D eigenvalue weighted by molar-refractivity contribution is 5.25. The summed E-state index contributed by atoms with van der Waals surface area (Å²) in [6.07, 6.45) is 1.96. The molecule has 0 aliphatic rings. The summed E-state index contributed by atoms with van der Waals surface area (Å²) in [5.41, 5.74) is 2.76. The summed E-state index contributed by atoms with van der Waals surface area (Å²) in [5.74, 6) is 1.25. The average Bonchev–Trinajstić information content (AvgIpc) is 2.35. The fourth-order valence-corrected chi connectivity index (χ4v) is 2.41. The van der Waals surface area contributed by atoms with Crippen LogP contribution in [0.25, 0.3) is 0 Å². The Morgan fingerprint density at radius 1 is 1.05 bits per heavy atom. The van der Waals surface area contributed by atoms with E-state index in [1.807, 2.05) is 0 Å². The second-order valence-corrected chi connectivity index (χ2v) is 6.09. The first-order valence-electron chi connectivity index (χ1n) is 7.47. The molecule has 1 rings (SSSR count). The number of hydrogen-bond acceptors (Lipinski definition) is 2. The van der Waals surface area contributed by atoms with Gasteiger partial charge in [0.2, 0.25) is 0 Å². The lowest BCUT2D eigenvalue weighted by Crippen LogP contribution is -2.27. The number of hydrogen-bond donors (Lipinski definition) is 2. The van der Waals surface area contributed by atoms with Crippen molar-refractivity contribution in [3.05, 3.63) is 35.4 Å². The Labute approximate surface area is 118 Å². The molecule has 0 aromatic heterocycles. The number of benzene rings is 1. The molecule has 1 atom stereocenters. The van der Waals surface area contributed by atoms with Gasteiger partial charge in [-0.3, -0.25) is 0 Å². The smallest absolute Gasteiger partial charge is 0.0443 e. The molecule has 0 bridgehead atoms. The van der Waals surface area contributed by atoms with Gasteiger partial charge in [-0.15, -0.1) is 0 Å². The lowest BCUT2D eigenvalue weighted by Gasteiger charge is -2.23. The van der Waals surface area contributed by atoms with Crippen LogP contribution in [0.15, 0.2) is 24.3 Å². The molecule has 0 aliphatic heterocycles. The molecule has 108 valence electrons. The van der Waals surface area contributed by atoms with Crippen molar-refractivity contribution in [3.8, 4) is 0 Å². The Morgan fingerprint density at radius 3 is 2.16 bits per heavy atom. The summed E-state index contributed by atoms with van der Waals surface area (Å²) in [4.78, 5) is 0. The Hall–Kier alpha value is -0.860. The Kier molecular flexibility index (Phi) is 7.11. The van der Waals surface area contributed by atoms with Gasteiger partial charge in [0.25, 0.3) is 0 Å². The van der Waals surface area contributed by atoms with Crippen LogP contribution in [0.2, 0.25) is 0 Å². The summed E-state index contributed by atoms with van der Waals surface area (Å²) in [6.45, 7) is 10.1. The third-order valence-corrected chi connectivity index (χ3v) is 3.35. The molecule has 1 unspecified atom stereocenters. The molecule has 2 nitrogen and oxygen atoms in total. The van der Waals surface area contributed by atoms with E-state index in [9.17, 15) is 0 Å². The van der Waals surface area contributed by atoms with E-state index in [2.05, 4.69) is 57.3 Å². The van der Waals surface area contributed by atoms with E-state index >= 15 is 0 Å². The van der Waals surface area contributed by atoms with Gasteiger partial charge in [0.05, 0.1) is 0 Å². The van der Waals surface area contributed by atoms with E-state index in [0.29, 0.717) is 17.9 Å². The maximum absolute atomic E-state index is 8.87. The van der Waals surface area contributed by atoms with Gasteiger partial charge in [0.15, 0.2) is 0 Å². The molecule has 1 aromatic carbocycles. The number of nitrogens with one attached hydrogen (secondary N) is 1. The lowest BCUT2D eigenvalue weighted by molar-refractivity contribution is 0.279. The predicted octanol–water partition coefficient (Wildman–Crippen LogP) is 3.55. The van der Waals surface area contributed by atoms with Crippen LogP contribution in [-0.2, 0) is 6.42 Å². The van der Waals surface area contributed by atoms with Crippen molar-refractivity contribution in [2.45, 2.75) is 46.6 Å². The number of aliphatic hydroxyl groups excluding tert-OH is 1. The molecule has 19 heavy (non-hydrogen) atoms. The van der Waals surface area contributed by atoms with Crippen LogP contribution in [0.3, 0.4) is 0 Å². The normalized spacial score (nSPS) is 13.2. The Balaban J connectivity index is 2.68. The van der Waals surface area contributed by atoms with Gasteiger partial charge in [-0.25, -0.2) is 0 Å². The zero-order chi connectivity index (χ0) is 14.3. The molecule has 1 aromatic rings. The summed E-state index contributed by atoms with van der Waals surface area (Å²) < 4.78 is 0. The summed E-state index contributed by atoms with van der Waals surface area (Å²) >= 11 is 0. The highest BCUT2D eigenvalue weighted by atomic mass is 16.3. The highest BCUT2D eigenvalue weighted by Crippen LogP contribution is 2.22. The number of rotatable bonds is 8. The van der Waals surface area contributed by atoms with E-state index in [4.69, 9.17) is 5.11 Å². The van der Waals surface area contributed by atoms with E-state index in [0.717, 1.165) is 19.4 Å². The Morgan fingerprint density at radius 2 is 1.68 bits per heavy atom. The molecule has 0 radical (unpaired) electrons. The zero-order valence-electron chi connectivity index (χ0n) is 12.8. The molecule has 0 fully saturated rings. The maximum Gasteiger partial charge on any atom is 0.0443 e. The van der Waals surface area contributed by atoms with Crippen molar-refractivity contribution in [1.82, 2.24) is 5.32 Å². The molecule has 0 saturated heterocycles. The van der Waals surface area contributed by atoms with E-state index in [1.165, 1.54) is 11.1 Å².